The molecule has 76 heavy (non-hydrogen) atoms. The number of aromatic nitrogens is 1. The molecule has 7 rings (SSSR count). The summed E-state index contributed by atoms with van der Waals surface area (Å²) in [4.78, 5) is 0. The summed E-state index contributed by atoms with van der Waals surface area (Å²) in [6, 6.07) is 10.5. The van der Waals surface area contributed by atoms with Crippen molar-refractivity contribution >= 4 is 39.3 Å². The molecule has 1 heterocycles. The van der Waals surface area contributed by atoms with Crippen LogP contribution in [0.3, 0.4) is 0 Å². The van der Waals surface area contributed by atoms with Crippen LogP contribution in [0.15, 0.2) is 139 Å². The lowest BCUT2D eigenvalue weighted by molar-refractivity contribution is -0.673. The second-order valence-electron chi connectivity index (χ2n) is 16.9. The zero-order valence-corrected chi connectivity index (χ0v) is 38.3. The Hall–Kier alpha value is -6.67. The molecule has 0 fully saturated rings. The van der Waals surface area contributed by atoms with E-state index in [4.69, 9.17) is 0 Å². The number of thiazole rings is 1. The van der Waals surface area contributed by atoms with Crippen LogP contribution in [-0.4, -0.2) is 6.15 Å². The monoisotopic (exact) mass is 1130 g/mol. The molecule has 0 saturated heterocycles. The molecule has 0 saturated carbocycles. The fourth-order valence-electron chi connectivity index (χ4n) is 8.21. The van der Waals surface area contributed by atoms with Gasteiger partial charge in [-0.2, -0.15) is 132 Å². The molecular formula is C49H28BF24NS. The number of rotatable bonds is 7. The molecule has 0 aliphatic heterocycles. The van der Waals surface area contributed by atoms with Gasteiger partial charge in [0.05, 0.1) is 55.5 Å². The van der Waals surface area contributed by atoms with Crippen LogP contribution in [0, 0.1) is 6.92 Å². The second-order valence-corrected chi connectivity index (χ2v) is 17.8. The fraction of sp³-hybridized carbons (Fsp3) is 0.204. The van der Waals surface area contributed by atoms with Gasteiger partial charge >= 0.3 is 49.4 Å². The van der Waals surface area contributed by atoms with Crippen molar-refractivity contribution in [1.82, 2.24) is 0 Å². The topological polar surface area (TPSA) is 3.88 Å². The SMILES string of the molecule is Cc1ccc(-c2scc[n+]2Cc2ccccc2)cc1.FC(F)(F)c1cc([B-](c2cc(C(F)(F)F)cc(C(F)(F)F)c2)(c2cc(C(F)(F)F)cc(C(F)(F)F)c2)c2cc(C(F)(F)F)cc(C(F)(F)F)c2)cc(C(F)(F)F)c1. The van der Waals surface area contributed by atoms with Crippen LogP contribution in [0.25, 0.3) is 10.6 Å². The summed E-state index contributed by atoms with van der Waals surface area (Å²) in [5.41, 5.74) is -26.3. The maximum Gasteiger partial charge on any atom is 0.416 e. The van der Waals surface area contributed by atoms with E-state index in [-0.39, 0.29) is 0 Å². The largest absolute Gasteiger partial charge is 0.416 e. The van der Waals surface area contributed by atoms with E-state index in [9.17, 15) is 105 Å². The Morgan fingerprint density at radius 2 is 0.618 bits per heavy atom. The molecule has 27 heteroatoms. The molecule has 0 aliphatic rings. The summed E-state index contributed by atoms with van der Waals surface area (Å²) >= 11 is 1.79. The Bertz CT molecular complexity index is 2730. The normalized spacial score (nSPS) is 13.4. The van der Waals surface area contributed by atoms with Gasteiger partial charge in [0.2, 0.25) is 0 Å². The Morgan fingerprint density at radius 1 is 0.355 bits per heavy atom. The van der Waals surface area contributed by atoms with Crippen LogP contribution in [0.4, 0.5) is 105 Å². The lowest BCUT2D eigenvalue weighted by atomic mass is 9.12. The van der Waals surface area contributed by atoms with Crippen molar-refractivity contribution in [2.45, 2.75) is 62.9 Å². The first-order valence-corrected chi connectivity index (χ1v) is 21.9. The molecule has 1 nitrogen and oxygen atoms in total. The van der Waals surface area contributed by atoms with Crippen LogP contribution in [0.2, 0.25) is 0 Å². The van der Waals surface area contributed by atoms with Crippen LogP contribution in [-0.2, 0) is 56.0 Å². The van der Waals surface area contributed by atoms with Crippen molar-refractivity contribution in [3.8, 4) is 10.6 Å². The third kappa shape index (κ3) is 13.3. The highest BCUT2D eigenvalue weighted by Crippen LogP contribution is 2.41. The van der Waals surface area contributed by atoms with Gasteiger partial charge in [0, 0.05) is 5.56 Å². The summed E-state index contributed by atoms with van der Waals surface area (Å²) in [6.07, 6.45) is -52.6. The van der Waals surface area contributed by atoms with Crippen LogP contribution < -0.4 is 26.4 Å². The average Bonchev–Trinajstić information content (AvgIpc) is 3.75. The smallest absolute Gasteiger partial charge is 0.194 e. The first-order valence-electron chi connectivity index (χ1n) is 21.0. The molecule has 7 aromatic rings. The van der Waals surface area contributed by atoms with Crippen molar-refractivity contribution in [1.29, 1.82) is 0 Å². The van der Waals surface area contributed by atoms with Gasteiger partial charge in [-0.1, -0.05) is 108 Å². The van der Waals surface area contributed by atoms with Crippen molar-refractivity contribution in [2.24, 2.45) is 0 Å². The molecule has 1 aromatic heterocycles. The lowest BCUT2D eigenvalue weighted by Gasteiger charge is -2.46. The van der Waals surface area contributed by atoms with E-state index in [2.05, 4.69) is 77.7 Å². The highest BCUT2D eigenvalue weighted by molar-refractivity contribution is 7.20. The lowest BCUT2D eigenvalue weighted by Crippen LogP contribution is -2.75. The molecule has 0 radical (unpaired) electrons. The molecular weight excluding hydrogens is 1100 g/mol. The molecule has 0 unspecified atom stereocenters. The van der Waals surface area contributed by atoms with Gasteiger partial charge in [-0.25, -0.2) is 0 Å². The first kappa shape index (κ1) is 58.6. The van der Waals surface area contributed by atoms with Gasteiger partial charge in [-0.3, -0.25) is 0 Å². The zero-order valence-electron chi connectivity index (χ0n) is 37.5. The standard InChI is InChI=1S/C32H12BF24.C17H16NS/c34-25(35,36)13-1-14(26(37,38)39)6-21(5-13)33(22-7-15(27(40,41)42)2-16(8-22)28(43,44)45,23-9-17(29(46,47)48)3-18(10-23)30(49,50)51)24-11-19(31(52,53)54)4-20(12-24)32(55,56)57;1-14-7-9-16(10-8-14)17-18(11-12-19-17)13-15-5-3-2-4-6-15/h1-12H;2-12H,13H2,1H3/q-1;+1. The third-order valence-corrected chi connectivity index (χ3v) is 12.6. The quantitative estimate of drug-likeness (QED) is 0.0851. The Kier molecular flexibility index (Phi) is 15.7. The van der Waals surface area contributed by atoms with Gasteiger partial charge in [0.1, 0.15) is 6.15 Å². The van der Waals surface area contributed by atoms with E-state index < -0.39 is 195 Å². The minimum absolute atomic E-state index is 0.691. The molecule has 6 aromatic carbocycles. The summed E-state index contributed by atoms with van der Waals surface area (Å²) in [5.74, 6) is 0. The highest BCUT2D eigenvalue weighted by Gasteiger charge is 2.47. The fourth-order valence-corrected chi connectivity index (χ4v) is 9.08. The van der Waals surface area contributed by atoms with Gasteiger partial charge in [0.25, 0.3) is 5.01 Å². The van der Waals surface area contributed by atoms with E-state index in [1.165, 1.54) is 21.7 Å². The van der Waals surface area contributed by atoms with Crippen LogP contribution in [0.5, 0.6) is 0 Å². The molecule has 0 aliphatic carbocycles. The Labute approximate surface area is 416 Å². The summed E-state index contributed by atoms with van der Waals surface area (Å²) < 4.78 is 343. The van der Waals surface area contributed by atoms with E-state index in [1.807, 2.05) is 0 Å². The molecule has 406 valence electrons. The molecule has 0 bridgehead atoms. The number of halogens is 24. The number of aryl methyl sites for hydroxylation is 1. The van der Waals surface area contributed by atoms with E-state index >= 15 is 0 Å². The number of hydrogen-bond donors (Lipinski definition) is 0. The van der Waals surface area contributed by atoms with Crippen LogP contribution >= 0.6 is 11.3 Å². The molecule has 0 atom stereocenters. The van der Waals surface area contributed by atoms with Gasteiger partial charge in [-0.05, 0) is 43.3 Å². The van der Waals surface area contributed by atoms with Gasteiger partial charge < -0.3 is 0 Å². The zero-order chi connectivity index (χ0) is 57.0. The number of nitrogens with zero attached hydrogens (tertiary/aromatic N) is 1. The van der Waals surface area contributed by atoms with E-state index in [0.29, 0.717) is 0 Å². The summed E-state index contributed by atoms with van der Waals surface area (Å²) in [6.45, 7) is 3.05. The molecule has 0 spiro atoms. The molecule has 0 N–H and O–H groups in total. The van der Waals surface area contributed by atoms with Crippen molar-refractivity contribution in [3.63, 3.8) is 0 Å². The van der Waals surface area contributed by atoms with Crippen LogP contribution in [0.1, 0.15) is 55.6 Å². The number of hydrogen-bond acceptors (Lipinski definition) is 1. The summed E-state index contributed by atoms with van der Waals surface area (Å²) in [5, 5.41) is 3.46. The average molecular weight is 1130 g/mol. The number of alkyl halides is 24. The predicted molar refractivity (Wildman–Crippen MR) is 230 cm³/mol. The third-order valence-electron chi connectivity index (χ3n) is 11.6. The minimum Gasteiger partial charge on any atom is -0.194 e. The maximum atomic E-state index is 14.2. The van der Waals surface area contributed by atoms with Gasteiger partial charge in [-0.15, -0.1) is 0 Å². The summed E-state index contributed by atoms with van der Waals surface area (Å²) in [7, 11) is 0. The highest BCUT2D eigenvalue weighted by atomic mass is 32.1. The second kappa shape index (κ2) is 20.4. The Morgan fingerprint density at radius 3 is 0.868 bits per heavy atom. The molecule has 0 amide bonds. The van der Waals surface area contributed by atoms with E-state index in [1.54, 1.807) is 11.3 Å². The van der Waals surface area contributed by atoms with E-state index in [0.717, 1.165) is 6.54 Å². The van der Waals surface area contributed by atoms with Crippen molar-refractivity contribution < 1.29 is 110 Å². The Balaban J connectivity index is 0.000000408. The van der Waals surface area contributed by atoms with Gasteiger partial charge in [0.15, 0.2) is 12.7 Å². The predicted octanol–water partition coefficient (Wildman–Crippen LogP) is 15.3. The maximum absolute atomic E-state index is 14.2. The first-order chi connectivity index (χ1) is 34.6. The minimum atomic E-state index is -6.13. The number of benzene rings is 6. The van der Waals surface area contributed by atoms with Crippen molar-refractivity contribution in [3.05, 3.63) is 195 Å². The van der Waals surface area contributed by atoms with Crippen molar-refractivity contribution in [2.75, 3.05) is 0 Å².